The molecule has 0 saturated carbocycles. The molecule has 6 nitrogen and oxygen atoms in total. The van der Waals surface area contributed by atoms with E-state index in [1.807, 2.05) is 24.3 Å². The van der Waals surface area contributed by atoms with Gasteiger partial charge < -0.3 is 20.7 Å². The maximum Gasteiger partial charge on any atom is 0.573 e. The minimum Gasteiger partial charge on any atom is -0.404 e. The highest BCUT2D eigenvalue weighted by molar-refractivity contribution is 5.95. The van der Waals surface area contributed by atoms with Crippen molar-refractivity contribution >= 4 is 23.2 Å². The molecule has 9 heteroatoms. The lowest BCUT2D eigenvalue weighted by Gasteiger charge is -2.16. The second-order valence-corrected chi connectivity index (χ2v) is 6.19. The second kappa shape index (κ2) is 8.20. The number of carbonyl (C=O) groups excluding carboxylic acids is 1. The summed E-state index contributed by atoms with van der Waals surface area (Å²) in [5, 5.41) is 2.62. The molecule has 2 aromatic carbocycles. The summed E-state index contributed by atoms with van der Waals surface area (Å²) in [5.74, 6) is -0.330. The van der Waals surface area contributed by atoms with Crippen LogP contribution in [0, 0.1) is 0 Å². The normalized spacial score (nSPS) is 15.0. The lowest BCUT2D eigenvalue weighted by atomic mass is 10.2. The molecule has 0 spiro atoms. The van der Waals surface area contributed by atoms with Gasteiger partial charge >= 0.3 is 6.36 Å². The van der Waals surface area contributed by atoms with E-state index in [4.69, 9.17) is 5.73 Å². The molecule has 1 aliphatic heterocycles. The van der Waals surface area contributed by atoms with Gasteiger partial charge in [-0.05, 0) is 36.2 Å². The van der Waals surface area contributed by atoms with Crippen molar-refractivity contribution in [3.05, 3.63) is 54.1 Å². The van der Waals surface area contributed by atoms with Gasteiger partial charge in [-0.3, -0.25) is 4.79 Å². The van der Waals surface area contributed by atoms with Gasteiger partial charge in [-0.2, -0.15) is 0 Å². The largest absolute Gasteiger partial charge is 0.573 e. The van der Waals surface area contributed by atoms with Gasteiger partial charge in [0.1, 0.15) is 0 Å². The van der Waals surface area contributed by atoms with E-state index in [9.17, 15) is 18.0 Å². The average molecular weight is 392 g/mol. The Kier molecular flexibility index (Phi) is 5.72. The molecule has 0 aromatic heterocycles. The maximum absolute atomic E-state index is 12.5. The summed E-state index contributed by atoms with van der Waals surface area (Å²) in [6.07, 6.45) is -3.39. The van der Waals surface area contributed by atoms with Gasteiger partial charge in [0.25, 0.3) is 0 Å². The lowest BCUT2D eigenvalue weighted by Crippen LogP contribution is -2.24. The summed E-state index contributed by atoms with van der Waals surface area (Å²) in [6.45, 7) is 0.946. The van der Waals surface area contributed by atoms with Gasteiger partial charge in [0, 0.05) is 18.7 Å². The summed E-state index contributed by atoms with van der Waals surface area (Å²) in [4.78, 5) is 17.6. The number of amides is 1. The van der Waals surface area contributed by atoms with E-state index in [0.29, 0.717) is 13.0 Å². The lowest BCUT2D eigenvalue weighted by molar-refractivity contribution is -0.274. The number of hydrogen-bond acceptors (Lipinski definition) is 3. The topological polar surface area (TPSA) is 80.0 Å². The second-order valence-electron chi connectivity index (χ2n) is 6.19. The van der Waals surface area contributed by atoms with Crippen LogP contribution in [0.3, 0.4) is 0 Å². The van der Waals surface area contributed by atoms with E-state index in [2.05, 4.69) is 15.0 Å². The SMILES string of the molecule is NC(=NCc1ccc(N2CCCC2=O)cc1)Nc1ccccc1OC(F)(F)F. The molecule has 28 heavy (non-hydrogen) atoms. The molecule has 2 aromatic rings. The molecule has 148 valence electrons. The van der Waals surface area contributed by atoms with Crippen LogP contribution in [0.25, 0.3) is 0 Å². The van der Waals surface area contributed by atoms with Crippen LogP contribution in [0.2, 0.25) is 0 Å². The van der Waals surface area contributed by atoms with Crippen LogP contribution in [-0.4, -0.2) is 24.8 Å². The molecule has 1 amide bonds. The number of alkyl halides is 3. The Morgan fingerprint density at radius 3 is 2.54 bits per heavy atom. The van der Waals surface area contributed by atoms with Crippen LogP contribution in [0.4, 0.5) is 24.5 Å². The van der Waals surface area contributed by atoms with E-state index in [1.165, 1.54) is 18.2 Å². The van der Waals surface area contributed by atoms with E-state index in [0.717, 1.165) is 17.7 Å². The fourth-order valence-electron chi connectivity index (χ4n) is 2.84. The molecule has 3 N–H and O–H groups in total. The minimum absolute atomic E-state index is 0.0444. The Morgan fingerprint density at radius 1 is 1.18 bits per heavy atom. The smallest absolute Gasteiger partial charge is 0.404 e. The fraction of sp³-hybridized carbons (Fsp3) is 0.263. The summed E-state index contributed by atoms with van der Waals surface area (Å²) in [7, 11) is 0. The van der Waals surface area contributed by atoms with Crippen LogP contribution >= 0.6 is 0 Å². The first-order chi connectivity index (χ1) is 13.3. The Hall–Kier alpha value is -3.23. The van der Waals surface area contributed by atoms with Gasteiger partial charge in [-0.15, -0.1) is 13.2 Å². The predicted molar refractivity (Wildman–Crippen MR) is 100 cm³/mol. The van der Waals surface area contributed by atoms with Crippen LogP contribution in [0.15, 0.2) is 53.5 Å². The van der Waals surface area contributed by atoms with Crippen LogP contribution in [-0.2, 0) is 11.3 Å². The number of para-hydroxylation sites is 2. The molecule has 1 saturated heterocycles. The summed E-state index contributed by atoms with van der Waals surface area (Å²) < 4.78 is 41.3. The van der Waals surface area contributed by atoms with Crippen molar-refractivity contribution in [2.24, 2.45) is 10.7 Å². The Bertz CT molecular complexity index is 866. The summed E-state index contributed by atoms with van der Waals surface area (Å²) >= 11 is 0. The third kappa shape index (κ3) is 5.15. The zero-order valence-corrected chi connectivity index (χ0v) is 14.9. The highest BCUT2D eigenvalue weighted by atomic mass is 19.4. The molecule has 1 heterocycles. The van der Waals surface area contributed by atoms with Crippen molar-refractivity contribution in [3.8, 4) is 5.75 Å². The number of nitrogens with zero attached hydrogens (tertiary/aromatic N) is 2. The molecule has 0 radical (unpaired) electrons. The van der Waals surface area contributed by atoms with Crippen molar-refractivity contribution in [1.29, 1.82) is 0 Å². The number of nitrogens with two attached hydrogens (primary N) is 1. The number of carbonyl (C=O) groups is 1. The minimum atomic E-state index is -4.80. The first kappa shape index (κ1) is 19.5. The van der Waals surface area contributed by atoms with Crippen molar-refractivity contribution in [3.63, 3.8) is 0 Å². The molecule has 1 fully saturated rings. The van der Waals surface area contributed by atoms with Gasteiger partial charge in [0.2, 0.25) is 5.91 Å². The number of guanidine groups is 1. The zero-order valence-electron chi connectivity index (χ0n) is 14.9. The fourth-order valence-corrected chi connectivity index (χ4v) is 2.84. The summed E-state index contributed by atoms with van der Waals surface area (Å²) in [6, 6.07) is 12.9. The zero-order chi connectivity index (χ0) is 20.1. The number of halogens is 3. The standard InChI is InChI=1S/C19H19F3N4O2/c20-19(21,22)28-16-5-2-1-4-15(16)25-18(23)24-12-13-7-9-14(10-8-13)26-11-3-6-17(26)27/h1-2,4-5,7-10H,3,6,11-12H2,(H3,23,24,25). The van der Waals surface area contributed by atoms with Crippen LogP contribution in [0.5, 0.6) is 5.75 Å². The van der Waals surface area contributed by atoms with Crippen molar-refractivity contribution < 1.29 is 22.7 Å². The van der Waals surface area contributed by atoms with E-state index in [-0.39, 0.29) is 24.1 Å². The van der Waals surface area contributed by atoms with Gasteiger partial charge in [0.05, 0.1) is 12.2 Å². The third-order valence-corrected chi connectivity index (χ3v) is 4.13. The van der Waals surface area contributed by atoms with E-state index < -0.39 is 12.1 Å². The molecule has 0 bridgehead atoms. The van der Waals surface area contributed by atoms with Crippen molar-refractivity contribution in [2.45, 2.75) is 25.7 Å². The Morgan fingerprint density at radius 2 is 1.89 bits per heavy atom. The van der Waals surface area contributed by atoms with Gasteiger partial charge in [-0.1, -0.05) is 24.3 Å². The number of benzene rings is 2. The molecule has 0 atom stereocenters. The number of hydrogen-bond donors (Lipinski definition) is 2. The number of rotatable bonds is 5. The molecule has 0 aliphatic carbocycles. The number of nitrogens with one attached hydrogen (secondary N) is 1. The highest BCUT2D eigenvalue weighted by Crippen LogP contribution is 2.29. The van der Waals surface area contributed by atoms with E-state index in [1.54, 1.807) is 11.0 Å². The van der Waals surface area contributed by atoms with Crippen LogP contribution < -0.4 is 20.7 Å². The maximum atomic E-state index is 12.5. The average Bonchev–Trinajstić information content (AvgIpc) is 3.07. The van der Waals surface area contributed by atoms with Crippen LogP contribution in [0.1, 0.15) is 18.4 Å². The number of ether oxygens (including phenoxy) is 1. The molecule has 3 rings (SSSR count). The molecular formula is C19H19F3N4O2. The van der Waals surface area contributed by atoms with E-state index >= 15 is 0 Å². The first-order valence-corrected chi connectivity index (χ1v) is 8.63. The highest BCUT2D eigenvalue weighted by Gasteiger charge is 2.32. The predicted octanol–water partition coefficient (Wildman–Crippen LogP) is 3.64. The quantitative estimate of drug-likeness (QED) is 0.601. The van der Waals surface area contributed by atoms with Crippen molar-refractivity contribution in [2.75, 3.05) is 16.8 Å². The Labute approximate surface area is 159 Å². The summed E-state index contributed by atoms with van der Waals surface area (Å²) in [5.41, 5.74) is 7.52. The van der Waals surface area contributed by atoms with Crippen molar-refractivity contribution in [1.82, 2.24) is 0 Å². The number of anilines is 2. The van der Waals surface area contributed by atoms with Gasteiger partial charge in [-0.25, -0.2) is 4.99 Å². The van der Waals surface area contributed by atoms with Gasteiger partial charge in [0.15, 0.2) is 11.7 Å². The third-order valence-electron chi connectivity index (χ3n) is 4.13. The molecule has 0 unspecified atom stereocenters. The number of aliphatic imine (C=N–C) groups is 1. The molecule has 1 aliphatic rings. The monoisotopic (exact) mass is 392 g/mol. The first-order valence-electron chi connectivity index (χ1n) is 8.63. The Balaban J connectivity index is 1.63. The molecular weight excluding hydrogens is 373 g/mol.